The Labute approximate surface area is 198 Å². The van der Waals surface area contributed by atoms with Crippen molar-refractivity contribution in [1.29, 1.82) is 5.41 Å². The molecule has 2 aromatic carbocycles. The van der Waals surface area contributed by atoms with Crippen LogP contribution in [-0.4, -0.2) is 33.6 Å². The lowest BCUT2D eigenvalue weighted by Crippen LogP contribution is -2.35. The van der Waals surface area contributed by atoms with E-state index in [2.05, 4.69) is 10.1 Å². The molecule has 0 saturated carbocycles. The van der Waals surface area contributed by atoms with E-state index in [1.807, 2.05) is 43.3 Å². The molecule has 3 heterocycles. The van der Waals surface area contributed by atoms with Crippen molar-refractivity contribution in [2.75, 3.05) is 6.61 Å². The summed E-state index contributed by atoms with van der Waals surface area (Å²) in [6.45, 7) is 2.18. The normalized spacial score (nSPS) is 16.7. The summed E-state index contributed by atoms with van der Waals surface area (Å²) in [5, 5.41) is 15.8. The number of para-hydroxylation sites is 1. The highest BCUT2D eigenvalue weighted by atomic mass is 35.5. The first-order valence-corrected chi connectivity index (χ1v) is 11.2. The molecule has 0 fully saturated rings. The maximum Gasteiger partial charge on any atom is 0.283 e. The van der Waals surface area contributed by atoms with E-state index >= 15 is 0 Å². The second-order valence-corrected chi connectivity index (χ2v) is 8.76. The number of hydrogen-bond acceptors (Lipinski definition) is 6. The molecule has 0 atom stereocenters. The Morgan fingerprint density at radius 2 is 2.03 bits per heavy atom. The van der Waals surface area contributed by atoms with Crippen LogP contribution in [0.4, 0.5) is 0 Å². The van der Waals surface area contributed by atoms with Gasteiger partial charge >= 0.3 is 0 Å². The summed E-state index contributed by atoms with van der Waals surface area (Å²) >= 11 is 7.27. The molecule has 1 aromatic heterocycles. The third-order valence-electron chi connectivity index (χ3n) is 4.96. The standard InChI is InChI=1S/C24H17ClN4O3S/c1-14-5-2-3-8-19(14)31-13-21-28-29-22(26)18(23(30)27-24(29)33-21)12-17-9-10-20(32-17)15-6-4-7-16(25)11-15/h2-12,26H,13H2,1H3. The number of carbonyl (C=O) groups is 1. The van der Waals surface area contributed by atoms with Crippen LogP contribution in [0.5, 0.6) is 5.75 Å². The van der Waals surface area contributed by atoms with Gasteiger partial charge in [-0.05, 0) is 60.7 Å². The number of nitrogens with zero attached hydrogens (tertiary/aromatic N) is 3. The van der Waals surface area contributed by atoms with Gasteiger partial charge in [0.1, 0.15) is 28.9 Å². The van der Waals surface area contributed by atoms with E-state index in [0.29, 0.717) is 26.8 Å². The second kappa shape index (κ2) is 8.73. The number of aryl methyl sites for hydroxylation is 1. The lowest BCUT2D eigenvalue weighted by molar-refractivity contribution is -0.114. The molecule has 0 radical (unpaired) electrons. The Bertz CT molecular complexity index is 1380. The fraction of sp³-hybridized carbons (Fsp3) is 0.0833. The molecule has 0 unspecified atom stereocenters. The molecule has 3 aromatic rings. The van der Waals surface area contributed by atoms with Gasteiger partial charge in [0.25, 0.3) is 5.91 Å². The third-order valence-corrected chi connectivity index (χ3v) is 6.08. The number of furan rings is 1. The van der Waals surface area contributed by atoms with Crippen LogP contribution in [0, 0.1) is 12.3 Å². The lowest BCUT2D eigenvalue weighted by Gasteiger charge is -2.19. The van der Waals surface area contributed by atoms with E-state index in [1.165, 1.54) is 22.8 Å². The first-order chi connectivity index (χ1) is 16.0. The maximum atomic E-state index is 12.6. The number of amides is 1. The molecular weight excluding hydrogens is 460 g/mol. The number of thioether (sulfide) groups is 1. The van der Waals surface area contributed by atoms with E-state index in [9.17, 15) is 4.79 Å². The van der Waals surface area contributed by atoms with Crippen LogP contribution in [0.1, 0.15) is 11.3 Å². The number of fused-ring (bicyclic) bond motifs is 1. The molecule has 7 nitrogen and oxygen atoms in total. The lowest BCUT2D eigenvalue weighted by atomic mass is 10.1. The molecule has 0 aliphatic carbocycles. The predicted octanol–water partition coefficient (Wildman–Crippen LogP) is 5.61. The molecule has 33 heavy (non-hydrogen) atoms. The van der Waals surface area contributed by atoms with Crippen molar-refractivity contribution in [3.8, 4) is 17.1 Å². The second-order valence-electron chi connectivity index (χ2n) is 7.28. The number of hydrazone groups is 1. The highest BCUT2D eigenvalue weighted by molar-refractivity contribution is 8.27. The number of hydrogen-bond donors (Lipinski definition) is 1. The Hall–Kier alpha value is -3.62. The molecule has 1 amide bonds. The van der Waals surface area contributed by atoms with Crippen LogP contribution in [0.25, 0.3) is 17.4 Å². The van der Waals surface area contributed by atoms with Gasteiger partial charge in [-0.1, -0.05) is 41.9 Å². The average Bonchev–Trinajstić information content (AvgIpc) is 3.43. The fourth-order valence-electron chi connectivity index (χ4n) is 3.32. The number of rotatable bonds is 5. The number of ether oxygens (including phenoxy) is 1. The van der Waals surface area contributed by atoms with Gasteiger partial charge in [0.05, 0.1) is 5.57 Å². The highest BCUT2D eigenvalue weighted by Gasteiger charge is 2.36. The van der Waals surface area contributed by atoms with E-state index in [0.717, 1.165) is 16.9 Å². The van der Waals surface area contributed by atoms with Crippen molar-refractivity contribution in [2.24, 2.45) is 10.1 Å². The summed E-state index contributed by atoms with van der Waals surface area (Å²) in [5.41, 5.74) is 1.92. The Morgan fingerprint density at radius 1 is 1.18 bits per heavy atom. The SMILES string of the molecule is Cc1ccccc1OCC1=NN2C(=N)C(=Cc3ccc(-c4cccc(Cl)c4)o3)C(=O)N=C2S1. The first kappa shape index (κ1) is 21.2. The van der Waals surface area contributed by atoms with Crippen molar-refractivity contribution in [1.82, 2.24) is 5.01 Å². The molecule has 1 N–H and O–H groups in total. The van der Waals surface area contributed by atoms with Crippen LogP contribution in [-0.2, 0) is 4.79 Å². The minimum Gasteiger partial charge on any atom is -0.486 e. The van der Waals surface area contributed by atoms with E-state index in [-0.39, 0.29) is 18.0 Å². The minimum absolute atomic E-state index is 0.0657. The maximum absolute atomic E-state index is 12.6. The fourth-order valence-corrected chi connectivity index (χ4v) is 4.31. The zero-order valence-electron chi connectivity index (χ0n) is 17.4. The minimum atomic E-state index is -0.518. The predicted molar refractivity (Wildman–Crippen MR) is 131 cm³/mol. The van der Waals surface area contributed by atoms with Crippen molar-refractivity contribution < 1.29 is 13.9 Å². The number of nitrogens with one attached hydrogen (secondary N) is 1. The Balaban J connectivity index is 1.35. The summed E-state index contributed by atoms with van der Waals surface area (Å²) in [4.78, 5) is 16.7. The van der Waals surface area contributed by atoms with Crippen LogP contribution in [0.15, 0.2) is 80.7 Å². The van der Waals surface area contributed by atoms with E-state index in [1.54, 1.807) is 24.3 Å². The number of halogens is 1. The zero-order chi connectivity index (χ0) is 22.9. The van der Waals surface area contributed by atoms with Crippen LogP contribution < -0.4 is 4.74 Å². The van der Waals surface area contributed by atoms with Gasteiger partial charge in [-0.25, -0.2) is 0 Å². The van der Waals surface area contributed by atoms with Gasteiger partial charge in [0.2, 0.25) is 5.17 Å². The summed E-state index contributed by atoms with van der Waals surface area (Å²) in [7, 11) is 0. The molecule has 2 aliphatic rings. The molecule has 164 valence electrons. The third kappa shape index (κ3) is 4.35. The molecule has 0 spiro atoms. The molecule has 5 rings (SSSR count). The zero-order valence-corrected chi connectivity index (χ0v) is 19.0. The van der Waals surface area contributed by atoms with E-state index < -0.39 is 5.91 Å². The van der Waals surface area contributed by atoms with Crippen molar-refractivity contribution in [3.63, 3.8) is 0 Å². The van der Waals surface area contributed by atoms with Crippen molar-refractivity contribution in [3.05, 3.63) is 82.6 Å². The Kier molecular flexibility index (Phi) is 5.62. The van der Waals surface area contributed by atoms with Gasteiger partial charge in [0.15, 0.2) is 5.84 Å². The van der Waals surface area contributed by atoms with Gasteiger partial charge in [-0.3, -0.25) is 10.2 Å². The topological polar surface area (TPSA) is 91.2 Å². The molecule has 0 saturated heterocycles. The largest absolute Gasteiger partial charge is 0.486 e. The molecule has 9 heteroatoms. The smallest absolute Gasteiger partial charge is 0.283 e. The number of carbonyl (C=O) groups excluding carboxylic acids is 1. The van der Waals surface area contributed by atoms with Crippen LogP contribution in [0.3, 0.4) is 0 Å². The van der Waals surface area contributed by atoms with Gasteiger partial charge in [-0.2, -0.15) is 15.1 Å². The van der Waals surface area contributed by atoms with Crippen molar-refractivity contribution >= 4 is 51.4 Å². The van der Waals surface area contributed by atoms with Gasteiger partial charge in [0, 0.05) is 10.6 Å². The number of benzene rings is 2. The monoisotopic (exact) mass is 476 g/mol. The van der Waals surface area contributed by atoms with Gasteiger partial charge < -0.3 is 9.15 Å². The molecule has 2 aliphatic heterocycles. The van der Waals surface area contributed by atoms with Crippen molar-refractivity contribution in [2.45, 2.75) is 6.92 Å². The average molecular weight is 477 g/mol. The van der Waals surface area contributed by atoms with Gasteiger partial charge in [-0.15, -0.1) is 0 Å². The first-order valence-electron chi connectivity index (χ1n) is 10.0. The molecule has 0 bridgehead atoms. The van der Waals surface area contributed by atoms with Crippen LogP contribution in [0.2, 0.25) is 5.02 Å². The van der Waals surface area contributed by atoms with E-state index in [4.69, 9.17) is 26.2 Å². The summed E-state index contributed by atoms with van der Waals surface area (Å²) in [5.74, 6) is 1.21. The quantitative estimate of drug-likeness (QED) is 0.483. The highest BCUT2D eigenvalue weighted by Crippen LogP contribution is 2.30. The number of aliphatic imine (C=N–C) groups is 1. The summed E-state index contributed by atoms with van der Waals surface area (Å²) < 4.78 is 11.7. The number of amidine groups is 2. The molecular formula is C24H17ClN4O3S. The Morgan fingerprint density at radius 3 is 2.85 bits per heavy atom. The van der Waals surface area contributed by atoms with Crippen LogP contribution >= 0.6 is 23.4 Å². The summed E-state index contributed by atoms with van der Waals surface area (Å²) in [6.07, 6.45) is 1.50. The summed E-state index contributed by atoms with van der Waals surface area (Å²) in [6, 6.07) is 18.5.